The van der Waals surface area contributed by atoms with E-state index in [9.17, 15) is 0 Å². The smallest absolute Gasteiger partial charge is 0.0220 e. The van der Waals surface area contributed by atoms with Crippen LogP contribution in [0.15, 0.2) is 53.0 Å². The molecule has 0 bridgehead atoms. The van der Waals surface area contributed by atoms with Gasteiger partial charge in [0.2, 0.25) is 0 Å². The summed E-state index contributed by atoms with van der Waals surface area (Å²) in [6.45, 7) is 3.94. The van der Waals surface area contributed by atoms with Crippen molar-refractivity contribution in [1.29, 1.82) is 0 Å². The molecule has 0 spiro atoms. The minimum Gasteiger partial charge on any atom is -0.309 e. The Bertz CT molecular complexity index is 448. The fourth-order valence-electron chi connectivity index (χ4n) is 1.78. The van der Waals surface area contributed by atoms with Crippen molar-refractivity contribution in [2.45, 2.75) is 20.0 Å². The lowest BCUT2D eigenvalue weighted by Crippen LogP contribution is -2.13. The molecule has 0 unspecified atom stereocenters. The summed E-state index contributed by atoms with van der Waals surface area (Å²) in [6.07, 6.45) is 0. The number of hydrogen-bond acceptors (Lipinski definition) is 1. The highest BCUT2D eigenvalue weighted by molar-refractivity contribution is 9.10. The maximum absolute atomic E-state index is 3.56. The molecule has 0 aliphatic carbocycles. The van der Waals surface area contributed by atoms with E-state index in [4.69, 9.17) is 0 Å². The van der Waals surface area contributed by atoms with Crippen LogP contribution in [0.3, 0.4) is 0 Å². The first kappa shape index (κ1) is 12.3. The van der Waals surface area contributed by atoms with Crippen molar-refractivity contribution in [2.24, 2.45) is 0 Å². The summed E-state index contributed by atoms with van der Waals surface area (Å²) in [4.78, 5) is 0. The van der Waals surface area contributed by atoms with Gasteiger partial charge in [0.25, 0.3) is 0 Å². The molecule has 0 heterocycles. The third-order valence-corrected chi connectivity index (χ3v) is 3.62. The van der Waals surface area contributed by atoms with Gasteiger partial charge in [-0.05, 0) is 29.7 Å². The zero-order valence-electron chi connectivity index (χ0n) is 9.91. The number of aryl methyl sites for hydroxylation is 1. The molecule has 88 valence electrons. The third kappa shape index (κ3) is 3.42. The van der Waals surface area contributed by atoms with Gasteiger partial charge in [0.05, 0.1) is 0 Å². The number of nitrogens with one attached hydrogen (secondary N) is 1. The summed E-state index contributed by atoms with van der Waals surface area (Å²) >= 11 is 3.56. The number of benzene rings is 2. The molecular formula is C15H16BrN. The maximum Gasteiger partial charge on any atom is 0.0220 e. The van der Waals surface area contributed by atoms with Gasteiger partial charge in [0, 0.05) is 17.6 Å². The van der Waals surface area contributed by atoms with Crippen molar-refractivity contribution in [1.82, 2.24) is 5.32 Å². The Labute approximate surface area is 111 Å². The summed E-state index contributed by atoms with van der Waals surface area (Å²) in [6, 6.07) is 16.8. The van der Waals surface area contributed by atoms with Crippen molar-refractivity contribution in [3.8, 4) is 0 Å². The molecule has 0 saturated carbocycles. The molecule has 17 heavy (non-hydrogen) atoms. The van der Waals surface area contributed by atoms with Crippen molar-refractivity contribution in [2.75, 3.05) is 0 Å². The molecule has 2 aromatic carbocycles. The van der Waals surface area contributed by atoms with E-state index in [1.807, 2.05) is 6.07 Å². The van der Waals surface area contributed by atoms with E-state index >= 15 is 0 Å². The summed E-state index contributed by atoms with van der Waals surface area (Å²) in [5.41, 5.74) is 3.99. The van der Waals surface area contributed by atoms with Gasteiger partial charge in [-0.1, -0.05) is 58.4 Å². The normalized spacial score (nSPS) is 10.5. The summed E-state index contributed by atoms with van der Waals surface area (Å²) in [5, 5.41) is 3.47. The summed E-state index contributed by atoms with van der Waals surface area (Å²) in [5.74, 6) is 0. The van der Waals surface area contributed by atoms with Crippen molar-refractivity contribution >= 4 is 15.9 Å². The molecule has 0 aliphatic rings. The highest BCUT2D eigenvalue weighted by Gasteiger charge is 1.99. The first-order valence-electron chi connectivity index (χ1n) is 5.76. The Balaban J connectivity index is 1.93. The first-order chi connectivity index (χ1) is 8.27. The Hall–Kier alpha value is -1.12. The molecule has 1 nitrogen and oxygen atoms in total. The van der Waals surface area contributed by atoms with Crippen LogP contribution in [0.2, 0.25) is 0 Å². The van der Waals surface area contributed by atoms with Gasteiger partial charge in [-0.25, -0.2) is 0 Å². The van der Waals surface area contributed by atoms with E-state index in [0.29, 0.717) is 0 Å². The molecule has 0 amide bonds. The zero-order valence-corrected chi connectivity index (χ0v) is 11.5. The van der Waals surface area contributed by atoms with Crippen molar-refractivity contribution in [3.63, 3.8) is 0 Å². The monoisotopic (exact) mass is 289 g/mol. The molecule has 0 saturated heterocycles. The quantitative estimate of drug-likeness (QED) is 0.896. The SMILES string of the molecule is Cc1ccccc1CNCc1ccccc1Br. The maximum atomic E-state index is 3.56. The van der Waals surface area contributed by atoms with Crippen LogP contribution in [-0.4, -0.2) is 0 Å². The van der Waals surface area contributed by atoms with E-state index < -0.39 is 0 Å². The lowest BCUT2D eigenvalue weighted by Gasteiger charge is -2.08. The van der Waals surface area contributed by atoms with Gasteiger partial charge in [-0.2, -0.15) is 0 Å². The van der Waals surface area contributed by atoms with Crippen LogP contribution in [0.1, 0.15) is 16.7 Å². The van der Waals surface area contributed by atoms with E-state index in [2.05, 4.69) is 70.6 Å². The van der Waals surface area contributed by atoms with Crippen LogP contribution in [0.25, 0.3) is 0 Å². The van der Waals surface area contributed by atoms with Crippen molar-refractivity contribution < 1.29 is 0 Å². The van der Waals surface area contributed by atoms with Gasteiger partial charge in [0.15, 0.2) is 0 Å². The van der Waals surface area contributed by atoms with E-state index in [1.165, 1.54) is 16.7 Å². The highest BCUT2D eigenvalue weighted by Crippen LogP contribution is 2.15. The van der Waals surface area contributed by atoms with Gasteiger partial charge in [0.1, 0.15) is 0 Å². The van der Waals surface area contributed by atoms with Gasteiger partial charge < -0.3 is 5.32 Å². The Morgan fingerprint density at radius 1 is 0.882 bits per heavy atom. The topological polar surface area (TPSA) is 12.0 Å². The Morgan fingerprint density at radius 3 is 2.18 bits per heavy atom. The van der Waals surface area contributed by atoms with Crippen LogP contribution in [0.4, 0.5) is 0 Å². The van der Waals surface area contributed by atoms with Gasteiger partial charge >= 0.3 is 0 Å². The average molecular weight is 290 g/mol. The molecule has 0 aliphatic heterocycles. The zero-order chi connectivity index (χ0) is 12.1. The molecule has 0 fully saturated rings. The Kier molecular flexibility index (Phi) is 4.35. The second-order valence-corrected chi connectivity index (χ2v) is 4.98. The summed E-state index contributed by atoms with van der Waals surface area (Å²) < 4.78 is 1.16. The van der Waals surface area contributed by atoms with Gasteiger partial charge in [-0.3, -0.25) is 0 Å². The van der Waals surface area contributed by atoms with E-state index in [1.54, 1.807) is 0 Å². The van der Waals surface area contributed by atoms with Gasteiger partial charge in [-0.15, -0.1) is 0 Å². The van der Waals surface area contributed by atoms with E-state index in [0.717, 1.165) is 17.6 Å². The predicted molar refractivity (Wildman–Crippen MR) is 75.9 cm³/mol. The second-order valence-electron chi connectivity index (χ2n) is 4.12. The minimum atomic E-state index is 0.885. The van der Waals surface area contributed by atoms with Crippen LogP contribution < -0.4 is 5.32 Å². The van der Waals surface area contributed by atoms with Crippen LogP contribution in [-0.2, 0) is 13.1 Å². The third-order valence-electron chi connectivity index (χ3n) is 2.85. The molecule has 0 atom stereocenters. The number of halogens is 1. The standard InChI is InChI=1S/C15H16BrN/c1-12-6-2-3-7-13(12)10-17-11-14-8-4-5-9-15(14)16/h2-9,17H,10-11H2,1H3. The lowest BCUT2D eigenvalue weighted by molar-refractivity contribution is 0.689. The Morgan fingerprint density at radius 2 is 1.47 bits per heavy atom. The fourth-order valence-corrected chi connectivity index (χ4v) is 2.21. The molecule has 2 heteroatoms. The average Bonchev–Trinajstić information content (AvgIpc) is 2.34. The van der Waals surface area contributed by atoms with E-state index in [-0.39, 0.29) is 0 Å². The molecule has 2 aromatic rings. The molecule has 0 aromatic heterocycles. The molecule has 0 radical (unpaired) electrons. The summed E-state index contributed by atoms with van der Waals surface area (Å²) in [7, 11) is 0. The first-order valence-corrected chi connectivity index (χ1v) is 6.55. The van der Waals surface area contributed by atoms with Crippen LogP contribution in [0, 0.1) is 6.92 Å². The minimum absolute atomic E-state index is 0.885. The number of hydrogen-bond donors (Lipinski definition) is 1. The molecule has 1 N–H and O–H groups in total. The van der Waals surface area contributed by atoms with Crippen LogP contribution in [0.5, 0.6) is 0 Å². The number of rotatable bonds is 4. The highest BCUT2D eigenvalue weighted by atomic mass is 79.9. The fraction of sp³-hybridized carbons (Fsp3) is 0.200. The largest absolute Gasteiger partial charge is 0.309 e. The molecule has 2 rings (SSSR count). The van der Waals surface area contributed by atoms with Crippen LogP contribution >= 0.6 is 15.9 Å². The predicted octanol–water partition coefficient (Wildman–Crippen LogP) is 4.05. The molecular weight excluding hydrogens is 274 g/mol. The second kappa shape index (κ2) is 5.99. The van der Waals surface area contributed by atoms with Crippen molar-refractivity contribution in [3.05, 3.63) is 69.7 Å². The lowest BCUT2D eigenvalue weighted by atomic mass is 10.1.